The number of carbonyl (C=O) groups excluding carboxylic acids is 1. The molecule has 0 fully saturated rings. The quantitative estimate of drug-likeness (QED) is 0.645. The van der Waals surface area contributed by atoms with Gasteiger partial charge >= 0.3 is 5.97 Å². The van der Waals surface area contributed by atoms with E-state index in [2.05, 4.69) is 9.88 Å². The SMILES string of the molecule is COC(=O)C1(Cc2ccccc2)CC(CNS(=O)(=O)c2cc(Cl)ccc2Cl)=NO1. The number of nitrogens with zero attached hydrogens (tertiary/aromatic N) is 1. The van der Waals surface area contributed by atoms with Gasteiger partial charge in [-0.2, -0.15) is 0 Å². The maximum Gasteiger partial charge on any atom is 0.353 e. The van der Waals surface area contributed by atoms with Crippen LogP contribution < -0.4 is 4.72 Å². The van der Waals surface area contributed by atoms with Crippen LogP contribution >= 0.6 is 23.2 Å². The van der Waals surface area contributed by atoms with Crippen molar-refractivity contribution in [3.05, 3.63) is 64.1 Å². The minimum atomic E-state index is -3.94. The predicted molar refractivity (Wildman–Crippen MR) is 110 cm³/mol. The Balaban J connectivity index is 1.73. The molecule has 7 nitrogen and oxygen atoms in total. The van der Waals surface area contributed by atoms with Crippen LogP contribution in [0.4, 0.5) is 0 Å². The Morgan fingerprint density at radius 3 is 2.66 bits per heavy atom. The van der Waals surface area contributed by atoms with E-state index in [0.717, 1.165) is 5.56 Å². The molecule has 0 spiro atoms. The highest BCUT2D eigenvalue weighted by Crippen LogP contribution is 2.30. The largest absolute Gasteiger partial charge is 0.466 e. The predicted octanol–water partition coefficient (Wildman–Crippen LogP) is 3.20. The molecule has 2 aromatic rings. The van der Waals surface area contributed by atoms with Crippen LogP contribution in [0.1, 0.15) is 12.0 Å². The van der Waals surface area contributed by atoms with E-state index in [1.165, 1.54) is 25.3 Å². The third-order valence-electron chi connectivity index (χ3n) is 4.38. The number of hydrogen-bond acceptors (Lipinski definition) is 6. The van der Waals surface area contributed by atoms with Gasteiger partial charge in [0.05, 0.1) is 24.4 Å². The lowest BCUT2D eigenvalue weighted by molar-refractivity contribution is -0.166. The highest BCUT2D eigenvalue weighted by molar-refractivity contribution is 7.89. The van der Waals surface area contributed by atoms with Crippen molar-refractivity contribution in [2.45, 2.75) is 23.3 Å². The summed E-state index contributed by atoms with van der Waals surface area (Å²) in [5, 5.41) is 4.20. The van der Waals surface area contributed by atoms with Gasteiger partial charge in [0.15, 0.2) is 0 Å². The number of nitrogens with one attached hydrogen (secondary N) is 1. The van der Waals surface area contributed by atoms with Crippen molar-refractivity contribution >= 4 is 44.9 Å². The van der Waals surface area contributed by atoms with Gasteiger partial charge in [0.25, 0.3) is 0 Å². The lowest BCUT2D eigenvalue weighted by Crippen LogP contribution is -2.43. The Morgan fingerprint density at radius 2 is 1.97 bits per heavy atom. The Labute approximate surface area is 178 Å². The number of rotatable bonds is 7. The number of methoxy groups -OCH3 is 1. The monoisotopic (exact) mass is 456 g/mol. The van der Waals surface area contributed by atoms with Crippen LogP contribution in [-0.2, 0) is 30.8 Å². The van der Waals surface area contributed by atoms with Crippen molar-refractivity contribution < 1.29 is 22.8 Å². The van der Waals surface area contributed by atoms with Gasteiger partial charge in [0, 0.05) is 17.9 Å². The Kier molecular flexibility index (Phi) is 6.48. The smallest absolute Gasteiger partial charge is 0.353 e. The summed E-state index contributed by atoms with van der Waals surface area (Å²) < 4.78 is 32.4. The van der Waals surface area contributed by atoms with Gasteiger partial charge in [-0.1, -0.05) is 58.7 Å². The lowest BCUT2D eigenvalue weighted by atomic mass is 9.90. The van der Waals surface area contributed by atoms with E-state index in [1.54, 1.807) is 0 Å². The van der Waals surface area contributed by atoms with Gasteiger partial charge < -0.3 is 9.57 Å². The molecule has 1 aliphatic rings. The molecule has 0 aromatic heterocycles. The zero-order chi connectivity index (χ0) is 21.1. The first-order valence-corrected chi connectivity index (χ1v) is 10.8. The van der Waals surface area contributed by atoms with Crippen LogP contribution in [0, 0.1) is 0 Å². The molecule has 0 aliphatic carbocycles. The lowest BCUT2D eigenvalue weighted by Gasteiger charge is -2.23. The fourth-order valence-electron chi connectivity index (χ4n) is 2.97. The average Bonchev–Trinajstić information content (AvgIpc) is 3.12. The highest BCUT2D eigenvalue weighted by atomic mass is 35.5. The molecular formula is C19H18Cl2N2O5S. The van der Waals surface area contributed by atoms with Crippen molar-refractivity contribution in [1.82, 2.24) is 4.72 Å². The summed E-state index contributed by atoms with van der Waals surface area (Å²) in [4.78, 5) is 17.7. The van der Waals surface area contributed by atoms with E-state index in [9.17, 15) is 13.2 Å². The van der Waals surface area contributed by atoms with Crippen LogP contribution in [0.15, 0.2) is 58.6 Å². The molecule has 3 rings (SSSR count). The van der Waals surface area contributed by atoms with Gasteiger partial charge in [-0.15, -0.1) is 0 Å². The van der Waals surface area contributed by atoms with Crippen molar-refractivity contribution in [2.24, 2.45) is 5.16 Å². The number of sulfonamides is 1. The van der Waals surface area contributed by atoms with Gasteiger partial charge in [-0.05, 0) is 23.8 Å². The van der Waals surface area contributed by atoms with Crippen LogP contribution in [0.2, 0.25) is 10.0 Å². The summed E-state index contributed by atoms with van der Waals surface area (Å²) in [6.45, 7) is -0.154. The molecule has 0 saturated heterocycles. The summed E-state index contributed by atoms with van der Waals surface area (Å²) in [7, 11) is -2.68. The van der Waals surface area contributed by atoms with Crippen LogP contribution in [-0.4, -0.2) is 39.4 Å². The second kappa shape index (κ2) is 8.71. The van der Waals surface area contributed by atoms with Crippen molar-refractivity contribution in [3.63, 3.8) is 0 Å². The molecule has 0 bridgehead atoms. The van der Waals surface area contributed by atoms with Crippen LogP contribution in [0.3, 0.4) is 0 Å². The second-order valence-electron chi connectivity index (χ2n) is 6.47. The summed E-state index contributed by atoms with van der Waals surface area (Å²) in [6.07, 6.45) is 0.320. The van der Waals surface area contributed by atoms with Crippen molar-refractivity contribution in [3.8, 4) is 0 Å². The molecule has 1 atom stereocenters. The van der Waals surface area contributed by atoms with Gasteiger partial charge in [0.1, 0.15) is 4.90 Å². The molecule has 0 radical (unpaired) electrons. The van der Waals surface area contributed by atoms with E-state index in [1.807, 2.05) is 30.3 Å². The summed E-state index contributed by atoms with van der Waals surface area (Å²) in [5.41, 5.74) is -0.126. The molecule has 1 N–H and O–H groups in total. The van der Waals surface area contributed by atoms with E-state index in [4.69, 9.17) is 32.8 Å². The number of esters is 1. The molecule has 0 saturated carbocycles. The number of halogens is 2. The third-order valence-corrected chi connectivity index (χ3v) is 6.50. The maximum atomic E-state index is 12.6. The van der Waals surface area contributed by atoms with Crippen molar-refractivity contribution in [2.75, 3.05) is 13.7 Å². The molecule has 154 valence electrons. The summed E-state index contributed by atoms with van der Waals surface area (Å²) in [5.74, 6) is -0.583. The van der Waals surface area contributed by atoms with Crippen LogP contribution in [0.25, 0.3) is 0 Å². The third kappa shape index (κ3) is 4.90. The number of carbonyl (C=O) groups is 1. The normalized spacial score (nSPS) is 18.8. The van der Waals surface area contributed by atoms with E-state index in [-0.39, 0.29) is 34.3 Å². The topological polar surface area (TPSA) is 94.1 Å². The average molecular weight is 457 g/mol. The fraction of sp³-hybridized carbons (Fsp3) is 0.263. The number of benzene rings is 2. The molecule has 29 heavy (non-hydrogen) atoms. The minimum absolute atomic E-state index is 0.0412. The number of ether oxygens (including phenoxy) is 1. The molecule has 1 aliphatic heterocycles. The van der Waals surface area contributed by atoms with Gasteiger partial charge in [0.2, 0.25) is 15.6 Å². The van der Waals surface area contributed by atoms with Gasteiger partial charge in [-0.25, -0.2) is 17.9 Å². The number of hydrogen-bond donors (Lipinski definition) is 1. The zero-order valence-electron chi connectivity index (χ0n) is 15.4. The summed E-state index contributed by atoms with van der Waals surface area (Å²) in [6, 6.07) is 13.4. The Hall–Kier alpha value is -2.13. The Bertz CT molecular complexity index is 1040. The van der Waals surface area contributed by atoms with E-state index in [0.29, 0.717) is 5.71 Å². The Morgan fingerprint density at radius 1 is 1.24 bits per heavy atom. The molecule has 2 aromatic carbocycles. The molecule has 1 unspecified atom stereocenters. The minimum Gasteiger partial charge on any atom is -0.466 e. The van der Waals surface area contributed by atoms with E-state index >= 15 is 0 Å². The first kappa shape index (κ1) is 21.6. The zero-order valence-corrected chi connectivity index (χ0v) is 17.7. The second-order valence-corrected chi connectivity index (χ2v) is 9.05. The highest BCUT2D eigenvalue weighted by Gasteiger charge is 2.47. The fourth-order valence-corrected chi connectivity index (χ4v) is 4.75. The summed E-state index contributed by atoms with van der Waals surface area (Å²) >= 11 is 11.8. The van der Waals surface area contributed by atoms with Gasteiger partial charge in [-0.3, -0.25) is 0 Å². The van der Waals surface area contributed by atoms with E-state index < -0.39 is 21.6 Å². The first-order chi connectivity index (χ1) is 13.8. The first-order valence-electron chi connectivity index (χ1n) is 8.57. The molecule has 0 amide bonds. The number of oxime groups is 1. The van der Waals surface area contributed by atoms with Crippen molar-refractivity contribution in [1.29, 1.82) is 0 Å². The van der Waals surface area contributed by atoms with Crippen LogP contribution in [0.5, 0.6) is 0 Å². The standard InChI is InChI=1S/C19H18Cl2N2O5S/c1-27-18(24)19(10-13-5-3-2-4-6-13)11-15(23-28-19)12-22-29(25,26)17-9-14(20)7-8-16(17)21/h2-9,22H,10-12H2,1H3. The maximum absolute atomic E-state index is 12.6. The molecular weight excluding hydrogens is 439 g/mol. The molecule has 1 heterocycles. The molecule has 10 heteroatoms.